The van der Waals surface area contributed by atoms with Gasteiger partial charge in [-0.15, -0.1) is 24.0 Å². The first-order valence-corrected chi connectivity index (χ1v) is 10.5. The van der Waals surface area contributed by atoms with Crippen LogP contribution in [0.3, 0.4) is 0 Å². The molecule has 2 saturated heterocycles. The molecule has 2 unspecified atom stereocenters. The molecule has 0 saturated carbocycles. The monoisotopic (exact) mass is 500 g/mol. The van der Waals surface area contributed by atoms with Gasteiger partial charge in [-0.05, 0) is 64.2 Å². The minimum Gasteiger partial charge on any atom is -0.373 e. The second-order valence-corrected chi connectivity index (χ2v) is 8.19. The minimum atomic E-state index is 0. The maximum atomic E-state index is 6.14. The maximum Gasteiger partial charge on any atom is 0.190 e. The van der Waals surface area contributed by atoms with Crippen LogP contribution < -0.4 is 10.6 Å². The Morgan fingerprint density at radius 1 is 1.11 bits per heavy atom. The highest BCUT2D eigenvalue weighted by atomic mass is 127. The first-order chi connectivity index (χ1) is 13.2. The number of benzene rings is 1. The van der Waals surface area contributed by atoms with Gasteiger partial charge in [-0.2, -0.15) is 0 Å². The van der Waals surface area contributed by atoms with Gasteiger partial charge in [0.2, 0.25) is 0 Å². The quantitative estimate of drug-likeness (QED) is 0.369. The van der Waals surface area contributed by atoms with E-state index in [1.54, 1.807) is 0 Å². The Kier molecular flexibility index (Phi) is 10.0. The molecule has 0 radical (unpaired) electrons. The van der Waals surface area contributed by atoms with Crippen LogP contribution in [0, 0.1) is 18.8 Å². The molecule has 0 aliphatic carbocycles. The lowest BCUT2D eigenvalue weighted by atomic mass is 9.89. The molecule has 2 heterocycles. The molecule has 0 spiro atoms. The van der Waals surface area contributed by atoms with Gasteiger partial charge in [0.05, 0.1) is 6.10 Å². The fourth-order valence-corrected chi connectivity index (χ4v) is 4.13. The average molecular weight is 500 g/mol. The smallest absolute Gasteiger partial charge is 0.190 e. The number of hydrogen-bond donors (Lipinski definition) is 2. The molecule has 6 heteroatoms. The third-order valence-electron chi connectivity index (χ3n) is 6.00. The number of guanidine groups is 1. The summed E-state index contributed by atoms with van der Waals surface area (Å²) in [5, 5.41) is 7.08. The number of likely N-dealkylation sites (tertiary alicyclic amines) is 1. The van der Waals surface area contributed by atoms with E-state index in [9.17, 15) is 0 Å². The molecule has 1 aromatic carbocycles. The number of ether oxygens (including phenoxy) is 1. The summed E-state index contributed by atoms with van der Waals surface area (Å²) in [7, 11) is 4.07. The number of hydrogen-bond acceptors (Lipinski definition) is 3. The van der Waals surface area contributed by atoms with Crippen molar-refractivity contribution in [1.82, 2.24) is 15.5 Å². The van der Waals surface area contributed by atoms with Crippen molar-refractivity contribution in [2.24, 2.45) is 16.8 Å². The summed E-state index contributed by atoms with van der Waals surface area (Å²) in [6, 6.07) is 8.79. The summed E-state index contributed by atoms with van der Waals surface area (Å²) in [6.45, 7) is 7.30. The molecule has 0 amide bonds. The Bertz CT molecular complexity index is 599. The van der Waals surface area contributed by atoms with Crippen molar-refractivity contribution >= 4 is 29.9 Å². The molecule has 1 aromatic rings. The Balaban J connectivity index is 0.00000280. The molecule has 5 nitrogen and oxygen atoms in total. The highest BCUT2D eigenvalue weighted by Gasteiger charge is 2.27. The van der Waals surface area contributed by atoms with Crippen LogP contribution in [0.2, 0.25) is 0 Å². The fourth-order valence-electron chi connectivity index (χ4n) is 4.13. The van der Waals surface area contributed by atoms with E-state index in [1.165, 1.54) is 43.5 Å². The van der Waals surface area contributed by atoms with Crippen LogP contribution in [0.5, 0.6) is 0 Å². The van der Waals surface area contributed by atoms with Gasteiger partial charge in [-0.3, -0.25) is 4.99 Å². The van der Waals surface area contributed by atoms with E-state index in [0.29, 0.717) is 5.92 Å². The number of halogens is 1. The topological polar surface area (TPSA) is 48.9 Å². The summed E-state index contributed by atoms with van der Waals surface area (Å²) in [6.07, 6.45) is 5.05. The highest BCUT2D eigenvalue weighted by Crippen LogP contribution is 2.33. The lowest BCUT2D eigenvalue weighted by Gasteiger charge is -2.33. The molecule has 2 N–H and O–H groups in total. The average Bonchev–Trinajstić information content (AvgIpc) is 2.70. The van der Waals surface area contributed by atoms with E-state index < -0.39 is 0 Å². The van der Waals surface area contributed by atoms with E-state index in [-0.39, 0.29) is 30.1 Å². The highest BCUT2D eigenvalue weighted by molar-refractivity contribution is 14.0. The van der Waals surface area contributed by atoms with Crippen molar-refractivity contribution in [2.75, 3.05) is 46.9 Å². The van der Waals surface area contributed by atoms with E-state index >= 15 is 0 Å². The van der Waals surface area contributed by atoms with Gasteiger partial charge in [-0.1, -0.05) is 29.8 Å². The zero-order valence-electron chi connectivity index (χ0n) is 17.6. The second kappa shape index (κ2) is 12.0. The van der Waals surface area contributed by atoms with Crippen molar-refractivity contribution in [3.8, 4) is 0 Å². The number of piperidine rings is 1. The van der Waals surface area contributed by atoms with Crippen LogP contribution in [0.25, 0.3) is 0 Å². The van der Waals surface area contributed by atoms with Gasteiger partial charge in [-0.25, -0.2) is 0 Å². The first kappa shape index (κ1) is 23.4. The molecule has 2 fully saturated rings. The van der Waals surface area contributed by atoms with E-state index in [2.05, 4.69) is 58.8 Å². The normalized spacial score (nSPS) is 24.5. The van der Waals surface area contributed by atoms with Gasteiger partial charge in [0, 0.05) is 32.7 Å². The van der Waals surface area contributed by atoms with Crippen molar-refractivity contribution in [3.05, 3.63) is 35.4 Å². The number of aliphatic imine (C=N–C) groups is 1. The van der Waals surface area contributed by atoms with Crippen LogP contribution in [0.1, 0.15) is 42.9 Å². The number of aryl methyl sites for hydroxylation is 1. The van der Waals surface area contributed by atoms with Gasteiger partial charge in [0.1, 0.15) is 0 Å². The van der Waals surface area contributed by atoms with Crippen LogP contribution in [0.15, 0.2) is 29.3 Å². The second-order valence-electron chi connectivity index (χ2n) is 8.19. The standard InChI is InChI=1S/C22H36N4O.HI/c1-17-6-8-19(9-7-17)21-20(5-4-14-27-21)16-25-22(23-2)24-15-18-10-12-26(3)13-11-18;/h6-9,18,20-21H,4-5,10-16H2,1-3H3,(H2,23,24,25);1H. The predicted molar refractivity (Wildman–Crippen MR) is 128 cm³/mol. The van der Waals surface area contributed by atoms with E-state index in [4.69, 9.17) is 4.74 Å². The zero-order valence-corrected chi connectivity index (χ0v) is 19.9. The molecule has 2 atom stereocenters. The molecule has 2 aliphatic rings. The van der Waals surface area contributed by atoms with Gasteiger partial charge in [0.15, 0.2) is 5.96 Å². The molecule has 0 bridgehead atoms. The summed E-state index contributed by atoms with van der Waals surface area (Å²) in [5.41, 5.74) is 2.59. The third kappa shape index (κ3) is 6.88. The molecule has 2 aliphatic heterocycles. The van der Waals surface area contributed by atoms with Crippen molar-refractivity contribution in [1.29, 1.82) is 0 Å². The van der Waals surface area contributed by atoms with Gasteiger partial charge >= 0.3 is 0 Å². The molecule has 28 heavy (non-hydrogen) atoms. The molecule has 3 rings (SSSR count). The van der Waals surface area contributed by atoms with E-state index in [1.807, 2.05) is 7.05 Å². The summed E-state index contributed by atoms with van der Waals surface area (Å²) >= 11 is 0. The van der Waals surface area contributed by atoms with Crippen molar-refractivity contribution in [2.45, 2.75) is 38.7 Å². The third-order valence-corrected chi connectivity index (χ3v) is 6.00. The van der Waals surface area contributed by atoms with Crippen molar-refractivity contribution in [3.63, 3.8) is 0 Å². The summed E-state index contributed by atoms with van der Waals surface area (Å²) in [5.74, 6) is 2.14. The number of rotatable bonds is 5. The Morgan fingerprint density at radius 3 is 2.46 bits per heavy atom. The van der Waals surface area contributed by atoms with Gasteiger partial charge in [0.25, 0.3) is 0 Å². The Morgan fingerprint density at radius 2 is 1.79 bits per heavy atom. The van der Waals surface area contributed by atoms with Crippen LogP contribution in [0.4, 0.5) is 0 Å². The summed E-state index contributed by atoms with van der Waals surface area (Å²) in [4.78, 5) is 6.84. The number of nitrogens with zero attached hydrogens (tertiary/aromatic N) is 2. The van der Waals surface area contributed by atoms with E-state index in [0.717, 1.165) is 38.0 Å². The molecular formula is C22H37IN4O. The first-order valence-electron chi connectivity index (χ1n) is 10.5. The Labute approximate surface area is 187 Å². The molecule has 158 valence electrons. The maximum absolute atomic E-state index is 6.14. The lowest BCUT2D eigenvalue weighted by molar-refractivity contribution is -0.0265. The molecule has 0 aromatic heterocycles. The fraction of sp³-hybridized carbons (Fsp3) is 0.682. The largest absolute Gasteiger partial charge is 0.373 e. The minimum absolute atomic E-state index is 0. The molecular weight excluding hydrogens is 463 g/mol. The van der Waals surface area contributed by atoms with Gasteiger partial charge < -0.3 is 20.3 Å². The SMILES string of the molecule is CN=C(NCC1CCN(C)CC1)NCC1CCCOC1c1ccc(C)cc1.I. The zero-order chi connectivity index (χ0) is 19.1. The predicted octanol–water partition coefficient (Wildman–Crippen LogP) is 3.59. The van der Waals surface area contributed by atoms with Crippen LogP contribution in [-0.4, -0.2) is 57.7 Å². The van der Waals surface area contributed by atoms with Crippen LogP contribution in [-0.2, 0) is 4.74 Å². The van der Waals surface area contributed by atoms with Crippen molar-refractivity contribution < 1.29 is 4.74 Å². The Hall–Kier alpha value is -0.860. The lowest BCUT2D eigenvalue weighted by Crippen LogP contribution is -2.44. The number of nitrogens with one attached hydrogen (secondary N) is 2. The summed E-state index contributed by atoms with van der Waals surface area (Å²) < 4.78 is 6.14. The van der Waals surface area contributed by atoms with Crippen LogP contribution >= 0.6 is 24.0 Å².